The highest BCUT2D eigenvalue weighted by molar-refractivity contribution is 7.92. The molecule has 7 nitrogen and oxygen atoms in total. The Labute approximate surface area is 222 Å². The first-order chi connectivity index (χ1) is 16.9. The van der Waals surface area contributed by atoms with Crippen molar-refractivity contribution in [2.24, 2.45) is 5.41 Å². The molecule has 0 spiro atoms. The minimum atomic E-state index is -3.41. The zero-order chi connectivity index (χ0) is 27.9. The van der Waals surface area contributed by atoms with Gasteiger partial charge in [0.15, 0.2) is 15.9 Å². The fraction of sp³-hybridized carbons (Fsp3) is 0.586. The second-order valence-corrected chi connectivity index (χ2v) is 14.6. The van der Waals surface area contributed by atoms with Crippen molar-refractivity contribution < 1.29 is 23.1 Å². The van der Waals surface area contributed by atoms with Crippen LogP contribution in [0.1, 0.15) is 84.4 Å². The molecule has 2 aromatic rings. The van der Waals surface area contributed by atoms with E-state index in [1.807, 2.05) is 34.6 Å². The number of carboxylic acid groups (broad SMARTS) is 1. The Morgan fingerprint density at radius 2 is 1.59 bits per heavy atom. The number of aryl methyl sites for hydroxylation is 2. The van der Waals surface area contributed by atoms with Gasteiger partial charge in [-0.3, -0.25) is 4.98 Å². The molecular formula is C29H42N2O5S. The van der Waals surface area contributed by atoms with E-state index in [4.69, 9.17) is 9.72 Å². The molecule has 1 aromatic heterocycles. The van der Waals surface area contributed by atoms with Crippen molar-refractivity contribution in [3.63, 3.8) is 0 Å². The molecule has 37 heavy (non-hydrogen) atoms. The number of ether oxygens (including phenoxy) is 1. The van der Waals surface area contributed by atoms with E-state index >= 15 is 0 Å². The molecule has 1 fully saturated rings. The second-order valence-electron chi connectivity index (χ2n) is 12.1. The highest BCUT2D eigenvalue weighted by atomic mass is 32.2. The van der Waals surface area contributed by atoms with Crippen LogP contribution in [-0.4, -0.2) is 48.4 Å². The number of pyridine rings is 1. The number of aromatic nitrogens is 1. The van der Waals surface area contributed by atoms with Crippen LogP contribution in [0.2, 0.25) is 0 Å². The van der Waals surface area contributed by atoms with Crippen molar-refractivity contribution >= 4 is 21.5 Å². The van der Waals surface area contributed by atoms with Crippen LogP contribution in [0, 0.1) is 19.3 Å². The number of benzene rings is 1. The fourth-order valence-corrected chi connectivity index (χ4v) is 5.90. The van der Waals surface area contributed by atoms with Crippen LogP contribution in [0.4, 0.5) is 5.69 Å². The number of nitrogens with zero attached hydrogens (tertiary/aromatic N) is 2. The Kier molecular flexibility index (Phi) is 8.16. The number of rotatable bonds is 7. The van der Waals surface area contributed by atoms with Gasteiger partial charge in [-0.1, -0.05) is 26.0 Å². The van der Waals surface area contributed by atoms with Crippen LogP contribution in [0.25, 0.3) is 11.1 Å². The molecule has 1 N–H and O–H groups in total. The quantitative estimate of drug-likeness (QED) is 0.461. The zero-order valence-corrected chi connectivity index (χ0v) is 24.5. The summed E-state index contributed by atoms with van der Waals surface area (Å²) in [7, 11) is -3.41. The molecule has 1 saturated heterocycles. The molecule has 1 aromatic carbocycles. The first-order valence-electron chi connectivity index (χ1n) is 13.0. The van der Waals surface area contributed by atoms with E-state index in [0.29, 0.717) is 11.3 Å². The highest BCUT2D eigenvalue weighted by Crippen LogP contribution is 2.45. The van der Waals surface area contributed by atoms with Gasteiger partial charge in [0.2, 0.25) is 0 Å². The summed E-state index contributed by atoms with van der Waals surface area (Å²) in [5.74, 6) is -1.06. The molecule has 0 amide bonds. The van der Waals surface area contributed by atoms with Crippen molar-refractivity contribution in [2.75, 3.05) is 18.0 Å². The summed E-state index contributed by atoms with van der Waals surface area (Å²) in [4.78, 5) is 19.9. The molecule has 3 rings (SSSR count). The van der Waals surface area contributed by atoms with Crippen LogP contribution in [0.15, 0.2) is 29.2 Å². The Bertz CT molecular complexity index is 1250. The van der Waals surface area contributed by atoms with Crippen molar-refractivity contribution in [1.29, 1.82) is 0 Å². The summed E-state index contributed by atoms with van der Waals surface area (Å²) in [5.41, 5.74) is 3.89. The lowest BCUT2D eigenvalue weighted by atomic mass is 9.82. The number of hydrogen-bond acceptors (Lipinski definition) is 6. The maximum Gasteiger partial charge on any atom is 0.337 e. The van der Waals surface area contributed by atoms with E-state index in [0.717, 1.165) is 48.4 Å². The van der Waals surface area contributed by atoms with Crippen molar-refractivity contribution in [3.8, 4) is 11.1 Å². The Hall–Kier alpha value is -2.45. The Balaban J connectivity index is 2.29. The normalized spacial score (nSPS) is 17.2. The number of anilines is 1. The first-order valence-corrected chi connectivity index (χ1v) is 14.5. The summed E-state index contributed by atoms with van der Waals surface area (Å²) in [6.07, 6.45) is 0.739. The van der Waals surface area contributed by atoms with Gasteiger partial charge in [0, 0.05) is 35.6 Å². The predicted molar refractivity (Wildman–Crippen MR) is 148 cm³/mol. The molecular weight excluding hydrogens is 488 g/mol. The molecule has 1 aliphatic rings. The van der Waals surface area contributed by atoms with Crippen LogP contribution in [-0.2, 0) is 19.4 Å². The number of carboxylic acids is 1. The maximum absolute atomic E-state index is 12.7. The van der Waals surface area contributed by atoms with Crippen LogP contribution in [0.3, 0.4) is 0 Å². The molecule has 1 atom stereocenters. The molecule has 8 heteroatoms. The average Bonchev–Trinajstić information content (AvgIpc) is 2.77. The molecule has 0 saturated carbocycles. The lowest BCUT2D eigenvalue weighted by Gasteiger charge is -2.41. The van der Waals surface area contributed by atoms with E-state index in [1.165, 1.54) is 0 Å². The van der Waals surface area contributed by atoms with Gasteiger partial charge in [-0.2, -0.15) is 0 Å². The van der Waals surface area contributed by atoms with Crippen LogP contribution in [0.5, 0.6) is 0 Å². The fourth-order valence-electron chi connectivity index (χ4n) is 4.84. The second kappa shape index (κ2) is 10.4. The monoisotopic (exact) mass is 530 g/mol. The van der Waals surface area contributed by atoms with Crippen molar-refractivity contribution in [3.05, 3.63) is 41.2 Å². The van der Waals surface area contributed by atoms with Crippen molar-refractivity contribution in [2.45, 2.75) is 97.0 Å². The number of sulfone groups is 1. The van der Waals surface area contributed by atoms with Gasteiger partial charge in [-0.05, 0) is 84.4 Å². The molecule has 0 bridgehead atoms. The molecule has 204 valence electrons. The number of aliphatic carboxylic acids is 1. The van der Waals surface area contributed by atoms with Gasteiger partial charge in [0.25, 0.3) is 0 Å². The minimum Gasteiger partial charge on any atom is -0.479 e. The van der Waals surface area contributed by atoms with E-state index in [9.17, 15) is 18.3 Å². The number of hydrogen-bond donors (Lipinski definition) is 1. The summed E-state index contributed by atoms with van der Waals surface area (Å²) in [6.45, 7) is 18.7. The standard InChI is InChI=1S/C29H42N2O5S/c1-18(2)37(34,35)22-12-10-21(11-13-22)23-19(3)30-20(4)24(26(27(32)33)36-28(5,6)7)25(23)31-16-14-29(8,9)15-17-31/h10-13,18,26H,14-17H2,1-9H3,(H,32,33). The molecule has 1 unspecified atom stereocenters. The van der Waals surface area contributed by atoms with E-state index in [-0.39, 0.29) is 10.3 Å². The lowest BCUT2D eigenvalue weighted by molar-refractivity contribution is -0.160. The van der Waals surface area contributed by atoms with Crippen LogP contribution < -0.4 is 4.90 Å². The third-order valence-electron chi connectivity index (χ3n) is 7.06. The van der Waals surface area contributed by atoms with Crippen LogP contribution >= 0.6 is 0 Å². The van der Waals surface area contributed by atoms with Gasteiger partial charge in [-0.25, -0.2) is 13.2 Å². The van der Waals surface area contributed by atoms with E-state index in [1.54, 1.807) is 38.1 Å². The molecule has 0 aliphatic carbocycles. The third kappa shape index (κ3) is 6.34. The van der Waals surface area contributed by atoms with Gasteiger partial charge in [0.05, 0.1) is 21.4 Å². The summed E-state index contributed by atoms with van der Waals surface area (Å²) < 4.78 is 31.5. The topological polar surface area (TPSA) is 96.8 Å². The van der Waals surface area contributed by atoms with E-state index < -0.39 is 32.8 Å². The molecule has 2 heterocycles. The Morgan fingerprint density at radius 3 is 2.05 bits per heavy atom. The van der Waals surface area contributed by atoms with Gasteiger partial charge < -0.3 is 14.7 Å². The zero-order valence-electron chi connectivity index (χ0n) is 23.7. The van der Waals surface area contributed by atoms with Crippen molar-refractivity contribution in [1.82, 2.24) is 4.98 Å². The summed E-state index contributed by atoms with van der Waals surface area (Å²) >= 11 is 0. The maximum atomic E-state index is 12.7. The molecule has 0 radical (unpaired) electrons. The first kappa shape index (κ1) is 29.1. The third-order valence-corrected chi connectivity index (χ3v) is 9.23. The predicted octanol–water partition coefficient (Wildman–Crippen LogP) is 6.11. The average molecular weight is 531 g/mol. The largest absolute Gasteiger partial charge is 0.479 e. The molecule has 1 aliphatic heterocycles. The number of carbonyl (C=O) groups is 1. The van der Waals surface area contributed by atoms with Gasteiger partial charge in [-0.15, -0.1) is 0 Å². The van der Waals surface area contributed by atoms with E-state index in [2.05, 4.69) is 18.7 Å². The SMILES string of the molecule is Cc1nc(C)c(C(OC(C)(C)C)C(=O)O)c(N2CCC(C)(C)CC2)c1-c1ccc(S(=O)(=O)C(C)C)cc1. The lowest BCUT2D eigenvalue weighted by Crippen LogP contribution is -2.39. The Morgan fingerprint density at radius 1 is 1.05 bits per heavy atom. The number of piperidine rings is 1. The highest BCUT2D eigenvalue weighted by Gasteiger charge is 2.36. The van der Waals surface area contributed by atoms with Gasteiger partial charge >= 0.3 is 5.97 Å². The summed E-state index contributed by atoms with van der Waals surface area (Å²) in [5, 5.41) is 9.77. The minimum absolute atomic E-state index is 0.203. The van der Waals surface area contributed by atoms with Gasteiger partial charge in [0.1, 0.15) is 0 Å². The smallest absolute Gasteiger partial charge is 0.337 e. The summed E-state index contributed by atoms with van der Waals surface area (Å²) in [6, 6.07) is 6.87.